The fraction of sp³-hybridized carbons (Fsp3) is 0.630. The molecule has 1 saturated heterocycles. The molecule has 47 heavy (non-hydrogen) atoms. The summed E-state index contributed by atoms with van der Waals surface area (Å²) in [5.41, 5.74) is 6.91. The Balaban J connectivity index is 0.00000300. The predicted octanol–water partition coefficient (Wildman–Crippen LogP) is 2.12. The largest absolute Gasteiger partial charge is 0.425 e. The first-order chi connectivity index (χ1) is 21.6. The summed E-state index contributed by atoms with van der Waals surface area (Å²) in [5.74, 6) is -1.01. The monoisotopic (exact) mass is 751 g/mol. The lowest BCUT2D eigenvalue weighted by Gasteiger charge is -2.49. The summed E-state index contributed by atoms with van der Waals surface area (Å²) >= 11 is 4.01. The Kier molecular flexibility index (Phi) is 14.6. The van der Waals surface area contributed by atoms with Crippen LogP contribution in [0.2, 0.25) is 0 Å². The summed E-state index contributed by atoms with van der Waals surface area (Å²) < 4.78 is 12.7. The number of nitrogens with zero attached hydrogens (tertiary/aromatic N) is 7. The van der Waals surface area contributed by atoms with Crippen molar-refractivity contribution in [3.63, 3.8) is 0 Å². The maximum atomic E-state index is 13.6. The van der Waals surface area contributed by atoms with E-state index in [0.717, 1.165) is 32.2 Å². The number of carbonyl (C=O) groups is 4. The molecule has 3 N–H and O–H groups in total. The zero-order valence-corrected chi connectivity index (χ0v) is 30.2. The molecule has 15 nitrogen and oxygen atoms in total. The van der Waals surface area contributed by atoms with Gasteiger partial charge in [-0.3, -0.25) is 19.3 Å². The van der Waals surface area contributed by atoms with E-state index in [9.17, 15) is 19.2 Å². The van der Waals surface area contributed by atoms with Crippen molar-refractivity contribution in [3.8, 4) is 0 Å². The molecule has 3 atom stereocenters. The normalized spacial score (nSPS) is 19.7. The van der Waals surface area contributed by atoms with Crippen LogP contribution in [0.5, 0.6) is 0 Å². The highest BCUT2D eigenvalue weighted by Crippen LogP contribution is 2.42. The van der Waals surface area contributed by atoms with E-state index in [2.05, 4.69) is 25.8 Å². The minimum absolute atomic E-state index is 0. The molecule has 260 valence electrons. The summed E-state index contributed by atoms with van der Waals surface area (Å²) in [6.45, 7) is 2.80. The number of thioether (sulfide) groups is 2. The highest BCUT2D eigenvalue weighted by molar-refractivity contribution is 8.01. The molecule has 2 aliphatic heterocycles. The molecule has 20 heteroatoms. The fourth-order valence-electron chi connectivity index (χ4n) is 5.38. The number of fused-ring (bicyclic) bond motifs is 1. The van der Waals surface area contributed by atoms with Crippen LogP contribution in [0, 0.1) is 5.92 Å². The molecule has 5 rings (SSSR count). The lowest BCUT2D eigenvalue weighted by atomic mass is 10.0. The number of hydrogen-bond acceptors (Lipinski definition) is 15. The van der Waals surface area contributed by atoms with E-state index in [1.165, 1.54) is 46.7 Å². The Morgan fingerprint density at radius 2 is 1.96 bits per heavy atom. The van der Waals surface area contributed by atoms with Crippen LogP contribution in [0.15, 0.2) is 21.8 Å². The van der Waals surface area contributed by atoms with Gasteiger partial charge >= 0.3 is 11.9 Å². The number of β-lactam (4-membered cyclic amide) rings is 1. The van der Waals surface area contributed by atoms with Gasteiger partial charge in [0.15, 0.2) is 5.13 Å². The fourth-order valence-corrected chi connectivity index (χ4v) is 8.33. The average molecular weight is 753 g/mol. The number of tetrazole rings is 1. The van der Waals surface area contributed by atoms with Crippen molar-refractivity contribution < 1.29 is 28.7 Å². The first-order valence-electron chi connectivity index (χ1n) is 14.7. The third-order valence-corrected chi connectivity index (χ3v) is 10.7. The molecule has 0 radical (unpaired) electrons. The van der Waals surface area contributed by atoms with Gasteiger partial charge in [0.2, 0.25) is 17.4 Å². The first kappa shape index (κ1) is 38.8. The van der Waals surface area contributed by atoms with E-state index in [4.69, 9.17) is 15.2 Å². The molecular weight excluding hydrogens is 713 g/mol. The van der Waals surface area contributed by atoms with E-state index in [0.29, 0.717) is 39.6 Å². The SMILES string of the molecule is CC(OC(=O)CC1CCCC1)OC(=O)C1=C(CSc2nnnn2CCN(C)C)CS[C@H]2[C@H](NC(=O)Cc3csc(N)n3)C(=O)N12.Cl.Cl. The number of rotatable bonds is 14. The van der Waals surface area contributed by atoms with Crippen molar-refractivity contribution in [2.24, 2.45) is 5.92 Å². The second-order valence-corrected chi connectivity index (χ2v) is 14.3. The first-order valence-corrected chi connectivity index (χ1v) is 17.6. The molecule has 0 aromatic carbocycles. The molecule has 1 saturated carbocycles. The van der Waals surface area contributed by atoms with Gasteiger partial charge in [0.1, 0.15) is 17.1 Å². The van der Waals surface area contributed by atoms with Crippen molar-refractivity contribution in [2.45, 2.75) is 74.9 Å². The Hall–Kier alpha value is -2.64. The third kappa shape index (κ3) is 9.95. The maximum absolute atomic E-state index is 13.6. The van der Waals surface area contributed by atoms with Gasteiger partial charge in [-0.25, -0.2) is 14.5 Å². The molecule has 3 aliphatic rings. The Labute approximate surface area is 297 Å². The van der Waals surface area contributed by atoms with Crippen molar-refractivity contribution in [2.75, 3.05) is 37.9 Å². The molecular formula is C27H39Cl2N9O6S3. The number of ether oxygens (including phenoxy) is 2. The predicted molar refractivity (Wildman–Crippen MR) is 182 cm³/mol. The van der Waals surface area contributed by atoms with Gasteiger partial charge in [-0.1, -0.05) is 24.6 Å². The smallest absolute Gasteiger partial charge is 0.358 e. The lowest BCUT2D eigenvalue weighted by Crippen LogP contribution is -2.70. The number of nitrogens with two attached hydrogens (primary N) is 1. The molecule has 2 aromatic rings. The van der Waals surface area contributed by atoms with Crippen LogP contribution in [0.1, 0.15) is 44.7 Å². The number of aromatic nitrogens is 5. The molecule has 1 unspecified atom stereocenters. The minimum Gasteiger partial charge on any atom is -0.425 e. The van der Waals surface area contributed by atoms with Gasteiger partial charge < -0.3 is 25.4 Å². The van der Waals surface area contributed by atoms with Gasteiger partial charge in [0, 0.05) is 36.8 Å². The molecule has 4 heterocycles. The number of carbonyl (C=O) groups excluding carboxylic acids is 4. The van der Waals surface area contributed by atoms with E-state index >= 15 is 0 Å². The zero-order chi connectivity index (χ0) is 32.1. The van der Waals surface area contributed by atoms with Gasteiger partial charge in [0.05, 0.1) is 18.7 Å². The molecule has 0 bridgehead atoms. The molecule has 2 aromatic heterocycles. The number of likely N-dealkylation sites (N-methyl/N-ethyl adjacent to an activating group) is 1. The van der Waals surface area contributed by atoms with Gasteiger partial charge in [0.25, 0.3) is 5.91 Å². The minimum atomic E-state index is -1.14. The maximum Gasteiger partial charge on any atom is 0.358 e. The standard InChI is InChI=1S/C27H37N9O6S3.2ClH/c1-15(41-20(38)10-16-6-4-5-7-16)42-25(40)22-17(13-45-27-31-32-33-35(27)9-8-34(2)3)12-43-24-21(23(39)36(22)24)30-19(37)11-18-14-44-26(28)29-18;;/h14-16,21,24H,4-13H2,1-3H3,(H2,28,29)(H,30,37);2*1H/t15?,21-,24+;;/m1../s1. The third-order valence-electron chi connectivity index (χ3n) is 7.60. The average Bonchev–Trinajstić information content (AvgIpc) is 3.76. The summed E-state index contributed by atoms with van der Waals surface area (Å²) in [6, 6.07) is -0.824. The van der Waals surface area contributed by atoms with Gasteiger partial charge in [-0.15, -0.1) is 53.0 Å². The van der Waals surface area contributed by atoms with Gasteiger partial charge in [-0.05, 0) is 48.9 Å². The number of nitrogens with one attached hydrogen (secondary N) is 1. The lowest BCUT2D eigenvalue weighted by molar-refractivity contribution is -0.184. The number of thiazole rings is 1. The van der Waals surface area contributed by atoms with Crippen LogP contribution >= 0.6 is 59.7 Å². The Bertz CT molecular complexity index is 1450. The Morgan fingerprint density at radius 1 is 1.21 bits per heavy atom. The molecule has 0 spiro atoms. The van der Waals surface area contributed by atoms with Crippen molar-refractivity contribution in [3.05, 3.63) is 22.3 Å². The second-order valence-electron chi connectivity index (χ2n) is 11.4. The number of nitrogen functional groups attached to an aromatic ring is 1. The molecule has 2 fully saturated rings. The highest BCUT2D eigenvalue weighted by Gasteiger charge is 2.54. The van der Waals surface area contributed by atoms with Gasteiger partial charge in [-0.2, -0.15) is 0 Å². The van der Waals surface area contributed by atoms with Crippen molar-refractivity contribution >= 4 is 88.6 Å². The highest BCUT2D eigenvalue weighted by atomic mass is 35.5. The van der Waals surface area contributed by atoms with Crippen molar-refractivity contribution in [1.82, 2.24) is 40.3 Å². The number of halogens is 2. The summed E-state index contributed by atoms with van der Waals surface area (Å²) in [4.78, 5) is 59.7. The number of amides is 2. The van der Waals surface area contributed by atoms with E-state index in [-0.39, 0.29) is 55.2 Å². The van der Waals surface area contributed by atoms with Crippen LogP contribution in [-0.2, 0) is 41.6 Å². The molecule has 2 amide bonds. The van der Waals surface area contributed by atoms with E-state index in [1.807, 2.05) is 19.0 Å². The van der Waals surface area contributed by atoms with Crippen molar-refractivity contribution in [1.29, 1.82) is 0 Å². The van der Waals surface area contributed by atoms with E-state index in [1.54, 1.807) is 10.1 Å². The quantitative estimate of drug-likeness (QED) is 0.124. The van der Waals surface area contributed by atoms with Crippen LogP contribution in [0.25, 0.3) is 0 Å². The number of anilines is 1. The van der Waals surface area contributed by atoms with Crippen LogP contribution in [0.3, 0.4) is 0 Å². The molecule has 1 aliphatic carbocycles. The second kappa shape index (κ2) is 17.7. The zero-order valence-electron chi connectivity index (χ0n) is 26.2. The summed E-state index contributed by atoms with van der Waals surface area (Å²) in [5, 5.41) is 16.8. The number of esters is 2. The Morgan fingerprint density at radius 3 is 2.64 bits per heavy atom. The topological polar surface area (TPSA) is 188 Å². The number of hydrogen-bond donors (Lipinski definition) is 2. The van der Waals surface area contributed by atoms with Crippen LogP contribution in [0.4, 0.5) is 5.13 Å². The van der Waals surface area contributed by atoms with Crippen LogP contribution in [-0.4, -0.2) is 109 Å². The summed E-state index contributed by atoms with van der Waals surface area (Å²) in [7, 11) is 3.91. The summed E-state index contributed by atoms with van der Waals surface area (Å²) in [6.07, 6.45) is 3.30. The van der Waals surface area contributed by atoms with E-state index < -0.39 is 35.6 Å². The van der Waals surface area contributed by atoms with Crippen LogP contribution < -0.4 is 11.1 Å².